The first-order valence-corrected chi connectivity index (χ1v) is 39.7. The number of unbranched alkanes of at least 4 members (excludes halogenated alkanes) is 58. The van der Waals surface area contributed by atoms with Crippen molar-refractivity contribution in [3.05, 3.63) is 36.5 Å². The Balaban J connectivity index is 3.37. The van der Waals surface area contributed by atoms with Crippen LogP contribution in [-0.2, 0) is 14.3 Å². The minimum absolute atomic E-state index is 0.00812. The molecule has 0 aliphatic rings. The van der Waals surface area contributed by atoms with E-state index in [1.165, 1.54) is 360 Å². The lowest BCUT2D eigenvalue weighted by atomic mass is 10.0. The van der Waals surface area contributed by atoms with Crippen molar-refractivity contribution >= 4 is 11.9 Å². The van der Waals surface area contributed by atoms with E-state index < -0.39 is 12.1 Å². The minimum Gasteiger partial charge on any atom is -0.466 e. The fraction of sp³-hybridized carbons (Fsp3) is 0.901. The predicted molar refractivity (Wildman–Crippen MR) is 384 cm³/mol. The third-order valence-corrected chi connectivity index (χ3v) is 18.7. The fourth-order valence-electron chi connectivity index (χ4n) is 12.6. The first kappa shape index (κ1) is 85.1. The highest BCUT2D eigenvalue weighted by atomic mass is 16.5. The Labute approximate surface area is 544 Å². The SMILES string of the molecule is CCCCCC/C=C\CCCCCCCC(=O)OCCCCCCCCCCCCC/C=C\C/C=C\CCCCCCCCCCCCCCCCCCCC(=O)NC(CO)C(O)CCCCCCCCCCCCCCCCCCCCCCCC. The Morgan fingerprint density at radius 3 is 0.897 bits per heavy atom. The van der Waals surface area contributed by atoms with Crippen LogP contribution in [0.1, 0.15) is 444 Å². The Morgan fingerprint density at radius 2 is 0.575 bits per heavy atom. The van der Waals surface area contributed by atoms with Crippen molar-refractivity contribution in [3.8, 4) is 0 Å². The summed E-state index contributed by atoms with van der Waals surface area (Å²) >= 11 is 0. The Kier molecular flexibility index (Phi) is 74.8. The van der Waals surface area contributed by atoms with Gasteiger partial charge in [0.15, 0.2) is 0 Å². The van der Waals surface area contributed by atoms with Crippen LogP contribution < -0.4 is 5.32 Å². The molecule has 0 spiro atoms. The number of esters is 1. The molecule has 0 heterocycles. The van der Waals surface area contributed by atoms with Gasteiger partial charge in [0.05, 0.1) is 25.4 Å². The molecule has 6 heteroatoms. The maximum atomic E-state index is 12.6. The summed E-state index contributed by atoms with van der Waals surface area (Å²) in [4.78, 5) is 24.6. The second-order valence-corrected chi connectivity index (χ2v) is 27.4. The van der Waals surface area contributed by atoms with Gasteiger partial charge < -0.3 is 20.3 Å². The van der Waals surface area contributed by atoms with E-state index >= 15 is 0 Å². The molecular weight excluding hydrogens is 1070 g/mol. The maximum Gasteiger partial charge on any atom is 0.305 e. The zero-order valence-electron chi connectivity index (χ0n) is 59.0. The largest absolute Gasteiger partial charge is 0.466 e. The molecule has 0 aromatic heterocycles. The zero-order chi connectivity index (χ0) is 62.8. The van der Waals surface area contributed by atoms with Crippen molar-refractivity contribution < 1.29 is 24.5 Å². The molecule has 0 aliphatic heterocycles. The molecular formula is C81H155NO5. The molecule has 514 valence electrons. The monoisotopic (exact) mass is 1220 g/mol. The summed E-state index contributed by atoms with van der Waals surface area (Å²) < 4.78 is 5.48. The summed E-state index contributed by atoms with van der Waals surface area (Å²) in [6.45, 7) is 4.98. The van der Waals surface area contributed by atoms with E-state index in [2.05, 4.69) is 55.6 Å². The third kappa shape index (κ3) is 73.0. The van der Waals surface area contributed by atoms with Crippen LogP contribution in [0, 0.1) is 0 Å². The number of ether oxygens (including phenoxy) is 1. The van der Waals surface area contributed by atoms with Crippen molar-refractivity contribution in [2.45, 2.75) is 456 Å². The molecule has 0 rings (SSSR count). The number of carbonyl (C=O) groups excluding carboxylic acids is 2. The molecule has 2 unspecified atom stereocenters. The highest BCUT2D eigenvalue weighted by Gasteiger charge is 2.20. The van der Waals surface area contributed by atoms with Crippen LogP contribution in [-0.4, -0.2) is 47.4 Å². The van der Waals surface area contributed by atoms with Crippen molar-refractivity contribution in [1.82, 2.24) is 5.32 Å². The number of aliphatic hydroxyl groups excluding tert-OH is 2. The molecule has 6 nitrogen and oxygen atoms in total. The van der Waals surface area contributed by atoms with Crippen molar-refractivity contribution in [2.24, 2.45) is 0 Å². The number of amides is 1. The Morgan fingerprint density at radius 1 is 0.322 bits per heavy atom. The van der Waals surface area contributed by atoms with Gasteiger partial charge in [0.1, 0.15) is 0 Å². The first-order chi connectivity index (χ1) is 43.0. The Bertz CT molecular complexity index is 1410. The molecule has 0 saturated carbocycles. The fourth-order valence-corrected chi connectivity index (χ4v) is 12.6. The number of aliphatic hydroxyl groups is 2. The van der Waals surface area contributed by atoms with Crippen LogP contribution in [0.4, 0.5) is 0 Å². The van der Waals surface area contributed by atoms with Gasteiger partial charge in [-0.2, -0.15) is 0 Å². The van der Waals surface area contributed by atoms with Gasteiger partial charge in [-0.1, -0.05) is 384 Å². The molecule has 0 radical (unpaired) electrons. The Hall–Kier alpha value is -1.92. The molecule has 0 aliphatic carbocycles. The number of hydrogen-bond acceptors (Lipinski definition) is 5. The van der Waals surface area contributed by atoms with Gasteiger partial charge in [-0.25, -0.2) is 0 Å². The molecule has 0 aromatic carbocycles. The summed E-state index contributed by atoms with van der Waals surface area (Å²) in [5.41, 5.74) is 0. The number of rotatable bonds is 75. The second kappa shape index (κ2) is 76.5. The van der Waals surface area contributed by atoms with Crippen molar-refractivity contribution in [3.63, 3.8) is 0 Å². The van der Waals surface area contributed by atoms with Crippen LogP contribution in [0.2, 0.25) is 0 Å². The smallest absolute Gasteiger partial charge is 0.305 e. The van der Waals surface area contributed by atoms with Gasteiger partial charge >= 0.3 is 5.97 Å². The summed E-state index contributed by atoms with van der Waals surface area (Å²) in [5.74, 6) is -0.0194. The van der Waals surface area contributed by atoms with E-state index in [-0.39, 0.29) is 18.5 Å². The van der Waals surface area contributed by atoms with Crippen molar-refractivity contribution in [1.29, 1.82) is 0 Å². The van der Waals surface area contributed by atoms with E-state index in [0.29, 0.717) is 25.9 Å². The molecule has 0 saturated heterocycles. The quantitative estimate of drug-likeness (QED) is 0.0320. The third-order valence-electron chi connectivity index (χ3n) is 18.7. The van der Waals surface area contributed by atoms with E-state index in [0.717, 1.165) is 51.4 Å². The topological polar surface area (TPSA) is 95.9 Å². The summed E-state index contributed by atoms with van der Waals surface area (Å²) in [6, 6.07) is -0.541. The normalized spacial score (nSPS) is 12.6. The highest BCUT2D eigenvalue weighted by Crippen LogP contribution is 2.20. The van der Waals surface area contributed by atoms with Crippen LogP contribution in [0.25, 0.3) is 0 Å². The number of hydrogen-bond donors (Lipinski definition) is 3. The molecule has 3 N–H and O–H groups in total. The summed E-state index contributed by atoms with van der Waals surface area (Å²) in [5, 5.41) is 23.5. The molecule has 0 fully saturated rings. The molecule has 0 bridgehead atoms. The number of carbonyl (C=O) groups is 2. The lowest BCUT2D eigenvalue weighted by Crippen LogP contribution is -2.45. The van der Waals surface area contributed by atoms with Gasteiger partial charge in [-0.15, -0.1) is 0 Å². The lowest BCUT2D eigenvalue weighted by Gasteiger charge is -2.22. The van der Waals surface area contributed by atoms with E-state index in [4.69, 9.17) is 4.74 Å². The maximum absolute atomic E-state index is 12.6. The van der Waals surface area contributed by atoms with Crippen molar-refractivity contribution in [2.75, 3.05) is 13.2 Å². The minimum atomic E-state index is -0.664. The molecule has 2 atom stereocenters. The van der Waals surface area contributed by atoms with E-state index in [1.54, 1.807) is 0 Å². The average Bonchev–Trinajstić information content (AvgIpc) is 3.54. The van der Waals surface area contributed by atoms with Gasteiger partial charge in [-0.3, -0.25) is 9.59 Å². The summed E-state index contributed by atoms with van der Waals surface area (Å²) in [6.07, 6.45) is 99.5. The second-order valence-electron chi connectivity index (χ2n) is 27.4. The predicted octanol–water partition coefficient (Wildman–Crippen LogP) is 26.2. The average molecular weight is 1220 g/mol. The van der Waals surface area contributed by atoms with Gasteiger partial charge in [-0.05, 0) is 83.5 Å². The molecule has 0 aromatic rings. The standard InChI is InChI=1S/C81H155NO5/c1-3-5-7-9-11-13-15-17-18-19-20-21-37-40-43-46-50-53-57-61-65-69-73-79(84)78(77-83)82-80(85)74-70-66-62-58-54-51-47-44-41-38-35-33-31-29-27-25-23-22-24-26-28-30-32-34-36-39-42-45-48-52-56-60-64-68-72-76-87-81(86)75-71-67-63-59-55-49-16-14-12-10-8-6-4-2/h14,16,24,26,30,32,78-79,83-84H,3-13,15,17-23,25,27-29,31,33-77H2,1-2H3,(H,82,85)/b16-14-,26-24-,32-30-. The van der Waals surface area contributed by atoms with Crippen LogP contribution in [0.15, 0.2) is 36.5 Å². The van der Waals surface area contributed by atoms with Crippen LogP contribution in [0.3, 0.4) is 0 Å². The first-order valence-electron chi connectivity index (χ1n) is 39.7. The van der Waals surface area contributed by atoms with Crippen LogP contribution >= 0.6 is 0 Å². The zero-order valence-corrected chi connectivity index (χ0v) is 59.0. The van der Waals surface area contributed by atoms with E-state index in [1.807, 2.05) is 0 Å². The summed E-state index contributed by atoms with van der Waals surface area (Å²) in [7, 11) is 0. The number of nitrogens with one attached hydrogen (secondary N) is 1. The van der Waals surface area contributed by atoms with Gasteiger partial charge in [0.25, 0.3) is 0 Å². The van der Waals surface area contributed by atoms with Gasteiger partial charge in [0.2, 0.25) is 5.91 Å². The number of allylic oxidation sites excluding steroid dienone is 6. The van der Waals surface area contributed by atoms with Gasteiger partial charge in [0, 0.05) is 12.8 Å². The molecule has 1 amide bonds. The molecule has 87 heavy (non-hydrogen) atoms. The lowest BCUT2D eigenvalue weighted by molar-refractivity contribution is -0.143. The van der Waals surface area contributed by atoms with Crippen LogP contribution in [0.5, 0.6) is 0 Å². The highest BCUT2D eigenvalue weighted by molar-refractivity contribution is 5.76. The van der Waals surface area contributed by atoms with E-state index in [9.17, 15) is 19.8 Å².